The zero-order valence-corrected chi connectivity index (χ0v) is 9.86. The summed E-state index contributed by atoms with van der Waals surface area (Å²) in [5.74, 6) is -5.96. The van der Waals surface area contributed by atoms with Gasteiger partial charge < -0.3 is 0 Å². The Labute approximate surface area is 103 Å². The first-order valence-corrected chi connectivity index (χ1v) is 5.40. The molecule has 0 saturated carbocycles. The molecule has 2 rings (SSSR count). The van der Waals surface area contributed by atoms with Crippen molar-refractivity contribution in [2.45, 2.75) is 0 Å². The maximum Gasteiger partial charge on any atom is 0.196 e. The van der Waals surface area contributed by atoms with Gasteiger partial charge in [-0.15, -0.1) is 0 Å². The summed E-state index contributed by atoms with van der Waals surface area (Å²) in [5.41, 5.74) is -0.446. The van der Waals surface area contributed by atoms with Gasteiger partial charge in [-0.25, -0.2) is 17.6 Å². The summed E-state index contributed by atoms with van der Waals surface area (Å²) < 4.78 is 52.7. The molecule has 0 aliphatic heterocycles. The average molecular weight is 305 g/mol. The minimum absolute atomic E-state index is 0.141. The molecule has 0 N–H and O–H groups in total. The molecule has 0 heterocycles. The molecule has 2 aromatic rings. The summed E-state index contributed by atoms with van der Waals surface area (Å²) in [4.78, 5) is 0. The molecule has 0 nitrogen and oxygen atoms in total. The Morgan fingerprint density at radius 3 is 1.88 bits per heavy atom. The van der Waals surface area contributed by atoms with Crippen LogP contribution in [0.2, 0.25) is 0 Å². The lowest BCUT2D eigenvalue weighted by Crippen LogP contribution is -2.00. The Bertz CT molecular complexity index is 537. The first-order valence-electron chi connectivity index (χ1n) is 4.61. The molecule has 0 radical (unpaired) electrons. The SMILES string of the molecule is Fc1c(F)c(Br)c(F)c(-c2ccccc2)c1F. The molecule has 0 aliphatic rings. The van der Waals surface area contributed by atoms with E-state index in [1.54, 1.807) is 18.2 Å². The fourth-order valence-electron chi connectivity index (χ4n) is 1.46. The highest BCUT2D eigenvalue weighted by Gasteiger charge is 2.24. The van der Waals surface area contributed by atoms with Crippen LogP contribution >= 0.6 is 15.9 Å². The molecule has 0 spiro atoms. The van der Waals surface area contributed by atoms with E-state index < -0.39 is 33.3 Å². The van der Waals surface area contributed by atoms with E-state index in [-0.39, 0.29) is 5.56 Å². The van der Waals surface area contributed by atoms with Crippen LogP contribution < -0.4 is 0 Å². The molecular formula is C12H5BrF4. The van der Waals surface area contributed by atoms with Crippen molar-refractivity contribution in [3.63, 3.8) is 0 Å². The van der Waals surface area contributed by atoms with E-state index in [0.717, 1.165) is 0 Å². The van der Waals surface area contributed by atoms with Crippen LogP contribution in [0.25, 0.3) is 11.1 Å². The average Bonchev–Trinajstić information content (AvgIpc) is 2.36. The van der Waals surface area contributed by atoms with Gasteiger partial charge >= 0.3 is 0 Å². The number of hydrogen-bond acceptors (Lipinski definition) is 0. The van der Waals surface area contributed by atoms with E-state index in [0.29, 0.717) is 0 Å². The van der Waals surface area contributed by atoms with Crippen LogP contribution in [0, 0.1) is 23.3 Å². The van der Waals surface area contributed by atoms with E-state index in [1.807, 2.05) is 0 Å². The monoisotopic (exact) mass is 304 g/mol. The minimum Gasteiger partial charge on any atom is -0.205 e. The van der Waals surface area contributed by atoms with Gasteiger partial charge in [-0.05, 0) is 21.5 Å². The largest absolute Gasteiger partial charge is 0.205 e. The Hall–Kier alpha value is -1.36. The van der Waals surface area contributed by atoms with Crippen molar-refractivity contribution >= 4 is 15.9 Å². The third-order valence-electron chi connectivity index (χ3n) is 2.27. The third kappa shape index (κ3) is 1.95. The molecule has 17 heavy (non-hydrogen) atoms. The molecule has 5 heteroatoms. The van der Waals surface area contributed by atoms with Crippen molar-refractivity contribution in [3.05, 3.63) is 58.1 Å². The number of benzene rings is 2. The van der Waals surface area contributed by atoms with Crippen LogP contribution in [0.4, 0.5) is 17.6 Å². The van der Waals surface area contributed by atoms with Crippen molar-refractivity contribution in [1.82, 2.24) is 0 Å². The van der Waals surface area contributed by atoms with Crippen LogP contribution in [0.1, 0.15) is 0 Å². The number of rotatable bonds is 1. The van der Waals surface area contributed by atoms with Gasteiger partial charge in [0.15, 0.2) is 23.3 Å². The minimum atomic E-state index is -1.70. The highest BCUT2D eigenvalue weighted by atomic mass is 79.9. The van der Waals surface area contributed by atoms with Gasteiger partial charge in [0.2, 0.25) is 0 Å². The summed E-state index contributed by atoms with van der Waals surface area (Å²) >= 11 is 2.56. The molecular weight excluding hydrogens is 300 g/mol. The zero-order chi connectivity index (χ0) is 12.6. The standard InChI is InChI=1S/C12H5BrF4/c13-8-9(14)7(6-4-2-1-3-5-6)10(15)12(17)11(8)16/h1-5H. The van der Waals surface area contributed by atoms with Gasteiger partial charge in [0.05, 0.1) is 10.0 Å². The second-order valence-electron chi connectivity index (χ2n) is 3.31. The van der Waals surface area contributed by atoms with Crippen LogP contribution in [0.3, 0.4) is 0 Å². The molecule has 0 aromatic heterocycles. The Balaban J connectivity index is 2.80. The van der Waals surface area contributed by atoms with Gasteiger partial charge in [-0.1, -0.05) is 30.3 Å². The van der Waals surface area contributed by atoms with Crippen molar-refractivity contribution < 1.29 is 17.6 Å². The van der Waals surface area contributed by atoms with Crippen LogP contribution in [0.5, 0.6) is 0 Å². The summed E-state index contributed by atoms with van der Waals surface area (Å²) in [5, 5.41) is 0. The molecule has 0 atom stereocenters. The fourth-order valence-corrected chi connectivity index (χ4v) is 1.84. The van der Waals surface area contributed by atoms with Crippen molar-refractivity contribution in [1.29, 1.82) is 0 Å². The number of halogens is 5. The zero-order valence-electron chi connectivity index (χ0n) is 8.28. The number of hydrogen-bond donors (Lipinski definition) is 0. The summed E-state index contributed by atoms with van der Waals surface area (Å²) in [7, 11) is 0. The van der Waals surface area contributed by atoms with Gasteiger partial charge in [0, 0.05) is 0 Å². The summed E-state index contributed by atoms with van der Waals surface area (Å²) in [6, 6.07) is 7.55. The Morgan fingerprint density at radius 2 is 1.29 bits per heavy atom. The predicted molar refractivity (Wildman–Crippen MR) is 59.4 cm³/mol. The summed E-state index contributed by atoms with van der Waals surface area (Å²) in [6.45, 7) is 0. The fraction of sp³-hybridized carbons (Fsp3) is 0. The molecule has 0 bridgehead atoms. The maximum atomic E-state index is 13.7. The highest BCUT2D eigenvalue weighted by Crippen LogP contribution is 2.34. The first kappa shape index (κ1) is 12.1. The van der Waals surface area contributed by atoms with E-state index in [9.17, 15) is 17.6 Å². The summed E-state index contributed by atoms with van der Waals surface area (Å²) in [6.07, 6.45) is 0. The quantitative estimate of drug-likeness (QED) is 0.408. The van der Waals surface area contributed by atoms with Crippen LogP contribution in [-0.4, -0.2) is 0 Å². The van der Waals surface area contributed by atoms with E-state index in [4.69, 9.17) is 0 Å². The van der Waals surface area contributed by atoms with Gasteiger partial charge in [0.1, 0.15) is 0 Å². The van der Waals surface area contributed by atoms with Crippen molar-refractivity contribution in [2.24, 2.45) is 0 Å². The van der Waals surface area contributed by atoms with Crippen LogP contribution in [-0.2, 0) is 0 Å². The van der Waals surface area contributed by atoms with E-state index >= 15 is 0 Å². The maximum absolute atomic E-state index is 13.7. The van der Waals surface area contributed by atoms with Gasteiger partial charge in [-0.2, -0.15) is 0 Å². The lowest BCUT2D eigenvalue weighted by molar-refractivity contribution is 0.432. The Kier molecular flexibility index (Phi) is 3.19. The van der Waals surface area contributed by atoms with Gasteiger partial charge in [0.25, 0.3) is 0 Å². The van der Waals surface area contributed by atoms with Crippen molar-refractivity contribution in [3.8, 4) is 11.1 Å². The van der Waals surface area contributed by atoms with E-state index in [1.165, 1.54) is 12.1 Å². The van der Waals surface area contributed by atoms with E-state index in [2.05, 4.69) is 15.9 Å². The predicted octanol–water partition coefficient (Wildman–Crippen LogP) is 4.67. The second-order valence-corrected chi connectivity index (χ2v) is 4.10. The molecule has 0 amide bonds. The van der Waals surface area contributed by atoms with Crippen LogP contribution in [0.15, 0.2) is 34.8 Å². The van der Waals surface area contributed by atoms with Gasteiger partial charge in [-0.3, -0.25) is 0 Å². The Morgan fingerprint density at radius 1 is 0.706 bits per heavy atom. The molecule has 2 aromatic carbocycles. The molecule has 0 aliphatic carbocycles. The molecule has 0 unspecified atom stereocenters. The highest BCUT2D eigenvalue weighted by molar-refractivity contribution is 9.10. The van der Waals surface area contributed by atoms with Crippen molar-refractivity contribution in [2.75, 3.05) is 0 Å². The second kappa shape index (κ2) is 4.49. The first-order chi connectivity index (χ1) is 8.04. The normalized spacial score (nSPS) is 10.6. The third-order valence-corrected chi connectivity index (χ3v) is 2.97. The molecule has 88 valence electrons. The smallest absolute Gasteiger partial charge is 0.196 e. The lowest BCUT2D eigenvalue weighted by Gasteiger charge is -2.08. The molecule has 0 fully saturated rings. The topological polar surface area (TPSA) is 0 Å². The molecule has 0 saturated heterocycles. The lowest BCUT2D eigenvalue weighted by atomic mass is 10.0.